The molecule has 2 unspecified atom stereocenters. The Bertz CT molecular complexity index is 345. The van der Waals surface area contributed by atoms with Gasteiger partial charge in [-0.3, -0.25) is 4.90 Å². The lowest BCUT2D eigenvalue weighted by Gasteiger charge is -2.46. The summed E-state index contributed by atoms with van der Waals surface area (Å²) in [6.45, 7) is 11.5. The Hall–Kier alpha value is -0.380. The van der Waals surface area contributed by atoms with Crippen LogP contribution in [0.4, 0.5) is 0 Å². The van der Waals surface area contributed by atoms with Crippen molar-refractivity contribution in [3.05, 3.63) is 22.4 Å². The molecule has 17 heavy (non-hydrogen) atoms. The van der Waals surface area contributed by atoms with Crippen molar-refractivity contribution in [1.29, 1.82) is 0 Å². The van der Waals surface area contributed by atoms with E-state index in [-0.39, 0.29) is 5.54 Å². The van der Waals surface area contributed by atoms with E-state index in [1.54, 1.807) is 11.3 Å². The van der Waals surface area contributed by atoms with E-state index in [0.717, 1.165) is 13.1 Å². The molecule has 0 radical (unpaired) electrons. The van der Waals surface area contributed by atoms with Gasteiger partial charge in [-0.1, -0.05) is 0 Å². The maximum atomic E-state index is 3.61. The molecule has 0 bridgehead atoms. The summed E-state index contributed by atoms with van der Waals surface area (Å²) in [5.74, 6) is 0. The Morgan fingerprint density at radius 1 is 1.59 bits per heavy atom. The molecule has 0 spiro atoms. The average Bonchev–Trinajstić information content (AvgIpc) is 2.74. The van der Waals surface area contributed by atoms with Crippen LogP contribution in [0.2, 0.25) is 0 Å². The molecule has 2 atom stereocenters. The number of rotatable bonds is 3. The number of nitrogens with one attached hydrogen (secondary N) is 1. The van der Waals surface area contributed by atoms with Crippen LogP contribution < -0.4 is 5.32 Å². The van der Waals surface area contributed by atoms with Gasteiger partial charge in [0.15, 0.2) is 0 Å². The summed E-state index contributed by atoms with van der Waals surface area (Å²) in [5, 5.41) is 8.06. The Morgan fingerprint density at radius 3 is 3.00 bits per heavy atom. The minimum absolute atomic E-state index is 0.245. The van der Waals surface area contributed by atoms with Gasteiger partial charge in [0.2, 0.25) is 0 Å². The highest BCUT2D eigenvalue weighted by Crippen LogP contribution is 2.20. The van der Waals surface area contributed by atoms with E-state index in [0.29, 0.717) is 12.1 Å². The molecule has 2 nitrogen and oxygen atoms in total. The number of thiophene rings is 1. The van der Waals surface area contributed by atoms with E-state index < -0.39 is 0 Å². The Morgan fingerprint density at radius 2 is 2.35 bits per heavy atom. The molecule has 0 saturated carbocycles. The summed E-state index contributed by atoms with van der Waals surface area (Å²) in [6.07, 6.45) is 1.17. The van der Waals surface area contributed by atoms with Gasteiger partial charge < -0.3 is 5.32 Å². The highest BCUT2D eigenvalue weighted by molar-refractivity contribution is 7.07. The number of piperazine rings is 1. The first kappa shape index (κ1) is 13.1. The molecule has 1 aromatic rings. The quantitative estimate of drug-likeness (QED) is 0.890. The van der Waals surface area contributed by atoms with Crippen molar-refractivity contribution in [3.63, 3.8) is 0 Å². The van der Waals surface area contributed by atoms with E-state index in [2.05, 4.69) is 54.7 Å². The van der Waals surface area contributed by atoms with Gasteiger partial charge in [0, 0.05) is 30.7 Å². The lowest BCUT2D eigenvalue weighted by molar-refractivity contribution is 0.0693. The second-order valence-corrected chi connectivity index (χ2v) is 6.75. The fourth-order valence-electron chi connectivity index (χ4n) is 2.67. The molecule has 1 aliphatic rings. The van der Waals surface area contributed by atoms with E-state index in [1.807, 2.05) is 0 Å². The zero-order valence-electron chi connectivity index (χ0n) is 11.4. The maximum absolute atomic E-state index is 3.61. The largest absolute Gasteiger partial charge is 0.309 e. The third-order valence-electron chi connectivity index (χ3n) is 3.70. The minimum Gasteiger partial charge on any atom is -0.309 e. The highest BCUT2D eigenvalue weighted by atomic mass is 32.1. The Balaban J connectivity index is 1.99. The van der Waals surface area contributed by atoms with E-state index in [1.165, 1.54) is 12.0 Å². The standard InChI is InChI=1S/C14H24N2S/c1-11(7-13-5-6-17-9-13)16-10-14(3,4)15-8-12(16)2/h5-6,9,11-12,15H,7-8,10H2,1-4H3. The van der Waals surface area contributed by atoms with Crippen molar-refractivity contribution in [1.82, 2.24) is 10.2 Å². The number of nitrogens with zero attached hydrogens (tertiary/aromatic N) is 1. The summed E-state index contributed by atoms with van der Waals surface area (Å²) in [4.78, 5) is 2.65. The molecule has 2 heterocycles. The van der Waals surface area contributed by atoms with Crippen LogP contribution in [0.15, 0.2) is 16.8 Å². The molecule has 1 N–H and O–H groups in total. The monoisotopic (exact) mass is 252 g/mol. The van der Waals surface area contributed by atoms with Gasteiger partial charge in [-0.2, -0.15) is 11.3 Å². The second kappa shape index (κ2) is 5.09. The fraction of sp³-hybridized carbons (Fsp3) is 0.714. The van der Waals surface area contributed by atoms with Crippen LogP contribution in [0.25, 0.3) is 0 Å². The van der Waals surface area contributed by atoms with Crippen LogP contribution in [0.5, 0.6) is 0 Å². The first-order valence-corrected chi connectivity index (χ1v) is 7.44. The van der Waals surface area contributed by atoms with Crippen LogP contribution in [0.1, 0.15) is 33.3 Å². The molecule has 3 heteroatoms. The first-order chi connectivity index (χ1) is 7.98. The summed E-state index contributed by atoms with van der Waals surface area (Å²) < 4.78 is 0. The van der Waals surface area contributed by atoms with Crippen molar-refractivity contribution in [2.24, 2.45) is 0 Å². The maximum Gasteiger partial charge on any atom is 0.0253 e. The predicted molar refractivity (Wildman–Crippen MR) is 75.7 cm³/mol. The Labute approximate surface area is 109 Å². The molecular formula is C14H24N2S. The highest BCUT2D eigenvalue weighted by Gasteiger charge is 2.32. The lowest BCUT2D eigenvalue weighted by Crippen LogP contribution is -2.62. The lowest BCUT2D eigenvalue weighted by atomic mass is 9.96. The molecular weight excluding hydrogens is 228 g/mol. The average molecular weight is 252 g/mol. The summed E-state index contributed by atoms with van der Waals surface area (Å²) in [5.41, 5.74) is 1.72. The van der Waals surface area contributed by atoms with Crippen molar-refractivity contribution < 1.29 is 0 Å². The van der Waals surface area contributed by atoms with Gasteiger partial charge in [0.1, 0.15) is 0 Å². The van der Waals surface area contributed by atoms with Gasteiger partial charge in [-0.15, -0.1) is 0 Å². The minimum atomic E-state index is 0.245. The molecule has 1 fully saturated rings. The third kappa shape index (κ3) is 3.30. The van der Waals surface area contributed by atoms with Crippen LogP contribution in [-0.2, 0) is 6.42 Å². The predicted octanol–water partition coefficient (Wildman–Crippen LogP) is 2.75. The normalized spacial score (nSPS) is 26.9. The Kier molecular flexibility index (Phi) is 3.91. The van der Waals surface area contributed by atoms with Gasteiger partial charge in [0.05, 0.1) is 0 Å². The summed E-state index contributed by atoms with van der Waals surface area (Å²) in [7, 11) is 0. The van der Waals surface area contributed by atoms with Crippen molar-refractivity contribution in [2.45, 2.75) is 51.7 Å². The topological polar surface area (TPSA) is 15.3 Å². The molecule has 0 aliphatic carbocycles. The van der Waals surface area contributed by atoms with Gasteiger partial charge >= 0.3 is 0 Å². The van der Waals surface area contributed by atoms with Crippen molar-refractivity contribution >= 4 is 11.3 Å². The van der Waals surface area contributed by atoms with Crippen molar-refractivity contribution in [3.8, 4) is 0 Å². The van der Waals surface area contributed by atoms with E-state index in [4.69, 9.17) is 0 Å². The molecule has 0 aromatic carbocycles. The van der Waals surface area contributed by atoms with Crippen LogP contribution in [0.3, 0.4) is 0 Å². The van der Waals surface area contributed by atoms with Gasteiger partial charge in [-0.25, -0.2) is 0 Å². The summed E-state index contributed by atoms with van der Waals surface area (Å²) in [6, 6.07) is 3.51. The zero-order chi connectivity index (χ0) is 12.5. The van der Waals surface area contributed by atoms with E-state index >= 15 is 0 Å². The molecule has 2 rings (SSSR count). The summed E-state index contributed by atoms with van der Waals surface area (Å²) >= 11 is 1.80. The smallest absolute Gasteiger partial charge is 0.0253 e. The third-order valence-corrected chi connectivity index (χ3v) is 4.43. The molecule has 0 amide bonds. The first-order valence-electron chi connectivity index (χ1n) is 6.50. The van der Waals surface area contributed by atoms with Gasteiger partial charge in [-0.05, 0) is 56.5 Å². The number of hydrogen-bond acceptors (Lipinski definition) is 3. The second-order valence-electron chi connectivity index (χ2n) is 5.97. The van der Waals surface area contributed by atoms with E-state index in [9.17, 15) is 0 Å². The molecule has 1 saturated heterocycles. The molecule has 96 valence electrons. The van der Waals surface area contributed by atoms with Crippen LogP contribution in [0, 0.1) is 0 Å². The zero-order valence-corrected chi connectivity index (χ0v) is 12.2. The van der Waals surface area contributed by atoms with Crippen LogP contribution >= 0.6 is 11.3 Å². The van der Waals surface area contributed by atoms with Crippen LogP contribution in [-0.4, -0.2) is 35.6 Å². The SMILES string of the molecule is CC1CNC(C)(C)CN1C(C)Cc1ccsc1. The fourth-order valence-corrected chi connectivity index (χ4v) is 3.35. The number of hydrogen-bond donors (Lipinski definition) is 1. The molecule has 1 aliphatic heterocycles. The molecule has 1 aromatic heterocycles. The van der Waals surface area contributed by atoms with Crippen molar-refractivity contribution in [2.75, 3.05) is 13.1 Å². The van der Waals surface area contributed by atoms with Gasteiger partial charge in [0.25, 0.3) is 0 Å².